The average molecular weight is 281 g/mol. The number of nitrogens with zero attached hydrogens (tertiary/aromatic N) is 2. The maximum atomic E-state index is 3.60. The lowest BCUT2D eigenvalue weighted by atomic mass is 9.79. The Hall–Kier alpha value is -0.120. The lowest BCUT2D eigenvalue weighted by Crippen LogP contribution is -2.58. The lowest BCUT2D eigenvalue weighted by Gasteiger charge is -2.46. The molecule has 20 heavy (non-hydrogen) atoms. The summed E-state index contributed by atoms with van der Waals surface area (Å²) in [5, 5.41) is 3.60. The zero-order valence-electron chi connectivity index (χ0n) is 13.9. The molecule has 1 aliphatic heterocycles. The van der Waals surface area contributed by atoms with Crippen LogP contribution in [0.15, 0.2) is 0 Å². The minimum absolute atomic E-state index is 0.723. The molecule has 1 aliphatic carbocycles. The van der Waals surface area contributed by atoms with Crippen LogP contribution in [-0.4, -0.2) is 61.7 Å². The van der Waals surface area contributed by atoms with E-state index in [2.05, 4.69) is 36.0 Å². The molecule has 0 aromatic rings. The summed E-state index contributed by atoms with van der Waals surface area (Å²) in [6.07, 6.45) is 8.32. The van der Waals surface area contributed by atoms with E-state index in [0.29, 0.717) is 0 Å². The van der Waals surface area contributed by atoms with Crippen LogP contribution in [0.1, 0.15) is 52.4 Å². The molecule has 1 heterocycles. The van der Waals surface area contributed by atoms with Crippen molar-refractivity contribution in [1.29, 1.82) is 0 Å². The van der Waals surface area contributed by atoms with E-state index in [-0.39, 0.29) is 0 Å². The van der Waals surface area contributed by atoms with Crippen molar-refractivity contribution in [2.45, 2.75) is 64.5 Å². The third kappa shape index (κ3) is 4.19. The smallest absolute Gasteiger partial charge is 0.0252 e. The van der Waals surface area contributed by atoms with Gasteiger partial charge in [-0.05, 0) is 45.2 Å². The summed E-state index contributed by atoms with van der Waals surface area (Å²) in [5.41, 5.74) is 0. The van der Waals surface area contributed by atoms with Crippen LogP contribution in [0, 0.1) is 5.92 Å². The Labute approximate surface area is 126 Å². The first kappa shape index (κ1) is 16.3. The van der Waals surface area contributed by atoms with E-state index < -0.39 is 0 Å². The molecule has 0 radical (unpaired) electrons. The molecule has 3 atom stereocenters. The van der Waals surface area contributed by atoms with Gasteiger partial charge in [0.05, 0.1) is 0 Å². The molecule has 0 spiro atoms. The molecule has 2 fully saturated rings. The fourth-order valence-electron chi connectivity index (χ4n) is 4.28. The third-order valence-electron chi connectivity index (χ3n) is 5.41. The summed E-state index contributed by atoms with van der Waals surface area (Å²) in [7, 11) is 2.16. The van der Waals surface area contributed by atoms with Crippen LogP contribution in [0.4, 0.5) is 0 Å². The highest BCUT2D eigenvalue weighted by Crippen LogP contribution is 2.31. The summed E-state index contributed by atoms with van der Waals surface area (Å²) in [4.78, 5) is 5.42. The van der Waals surface area contributed by atoms with E-state index >= 15 is 0 Å². The number of likely N-dealkylation sites (N-methyl/N-ethyl adjacent to an activating group) is 1. The van der Waals surface area contributed by atoms with Gasteiger partial charge in [0.25, 0.3) is 0 Å². The molecule has 1 saturated carbocycles. The van der Waals surface area contributed by atoms with Gasteiger partial charge in [0.1, 0.15) is 0 Å². The first-order chi connectivity index (χ1) is 9.78. The summed E-state index contributed by atoms with van der Waals surface area (Å²) in [6.45, 7) is 11.0. The van der Waals surface area contributed by atoms with Gasteiger partial charge in [-0.3, -0.25) is 4.90 Å². The fraction of sp³-hybridized carbons (Fsp3) is 1.00. The van der Waals surface area contributed by atoms with Crippen molar-refractivity contribution >= 4 is 0 Å². The summed E-state index contributed by atoms with van der Waals surface area (Å²) >= 11 is 0. The van der Waals surface area contributed by atoms with Crippen molar-refractivity contribution in [2.75, 3.05) is 39.8 Å². The molecule has 2 aliphatic rings. The minimum Gasteiger partial charge on any atom is -0.315 e. The largest absolute Gasteiger partial charge is 0.315 e. The van der Waals surface area contributed by atoms with Crippen molar-refractivity contribution < 1.29 is 0 Å². The predicted octanol–water partition coefficient (Wildman–Crippen LogP) is 2.57. The van der Waals surface area contributed by atoms with Gasteiger partial charge >= 0.3 is 0 Å². The number of rotatable bonds is 6. The Balaban J connectivity index is 1.87. The Morgan fingerprint density at radius 3 is 2.35 bits per heavy atom. The monoisotopic (exact) mass is 281 g/mol. The Morgan fingerprint density at radius 1 is 1.00 bits per heavy atom. The number of nitrogens with one attached hydrogen (secondary N) is 1. The topological polar surface area (TPSA) is 18.5 Å². The highest BCUT2D eigenvalue weighted by atomic mass is 15.3. The van der Waals surface area contributed by atoms with E-state index in [1.54, 1.807) is 0 Å². The van der Waals surface area contributed by atoms with Gasteiger partial charge in [0.2, 0.25) is 0 Å². The Morgan fingerprint density at radius 2 is 1.75 bits per heavy atom. The number of hydrogen-bond donors (Lipinski definition) is 1. The molecule has 3 nitrogen and oxygen atoms in total. The zero-order chi connectivity index (χ0) is 14.4. The van der Waals surface area contributed by atoms with Crippen LogP contribution < -0.4 is 5.32 Å². The maximum absolute atomic E-state index is 3.60. The standard InChI is InChI=1S/C17H35N3/c1-4-6-15-7-8-16(18-3)17(14-15)20-12-10-19(9-5-2)11-13-20/h15-18H,4-14H2,1-3H3. The van der Waals surface area contributed by atoms with Crippen molar-refractivity contribution in [2.24, 2.45) is 5.92 Å². The van der Waals surface area contributed by atoms with Gasteiger partial charge in [0, 0.05) is 38.3 Å². The lowest BCUT2D eigenvalue weighted by molar-refractivity contribution is 0.0482. The molecule has 2 rings (SSSR count). The number of piperazine rings is 1. The molecular formula is C17H35N3. The summed E-state index contributed by atoms with van der Waals surface area (Å²) < 4.78 is 0. The van der Waals surface area contributed by atoms with Crippen LogP contribution in [0.3, 0.4) is 0 Å². The minimum atomic E-state index is 0.723. The number of hydrogen-bond acceptors (Lipinski definition) is 3. The maximum Gasteiger partial charge on any atom is 0.0252 e. The predicted molar refractivity (Wildman–Crippen MR) is 87.2 cm³/mol. The van der Waals surface area contributed by atoms with Crippen molar-refractivity contribution in [3.63, 3.8) is 0 Å². The van der Waals surface area contributed by atoms with Gasteiger partial charge in [-0.25, -0.2) is 0 Å². The van der Waals surface area contributed by atoms with Crippen LogP contribution in [0.25, 0.3) is 0 Å². The second kappa shape index (κ2) is 8.35. The van der Waals surface area contributed by atoms with Crippen molar-refractivity contribution in [3.05, 3.63) is 0 Å². The molecule has 0 amide bonds. The average Bonchev–Trinajstić information content (AvgIpc) is 2.49. The van der Waals surface area contributed by atoms with Crippen LogP contribution in [-0.2, 0) is 0 Å². The van der Waals surface area contributed by atoms with Gasteiger partial charge in [-0.1, -0.05) is 26.7 Å². The Kier molecular flexibility index (Phi) is 6.79. The van der Waals surface area contributed by atoms with Gasteiger partial charge in [-0.2, -0.15) is 0 Å². The summed E-state index contributed by atoms with van der Waals surface area (Å²) in [5.74, 6) is 0.975. The van der Waals surface area contributed by atoms with Crippen LogP contribution >= 0.6 is 0 Å². The van der Waals surface area contributed by atoms with Crippen LogP contribution in [0.2, 0.25) is 0 Å². The third-order valence-corrected chi connectivity index (χ3v) is 5.41. The molecule has 0 bridgehead atoms. The quantitative estimate of drug-likeness (QED) is 0.807. The fourth-order valence-corrected chi connectivity index (χ4v) is 4.28. The van der Waals surface area contributed by atoms with E-state index in [0.717, 1.165) is 18.0 Å². The second-order valence-electron chi connectivity index (χ2n) is 6.81. The molecule has 0 aromatic heterocycles. The SMILES string of the molecule is CCCC1CCC(NC)C(N2CCN(CCC)CC2)C1. The van der Waals surface area contributed by atoms with Gasteiger partial charge < -0.3 is 10.2 Å². The molecule has 0 aromatic carbocycles. The van der Waals surface area contributed by atoms with Gasteiger partial charge in [0.15, 0.2) is 0 Å². The first-order valence-electron chi connectivity index (χ1n) is 8.92. The Bertz CT molecular complexity index is 261. The van der Waals surface area contributed by atoms with E-state index in [9.17, 15) is 0 Å². The molecule has 1 saturated heterocycles. The van der Waals surface area contributed by atoms with E-state index in [4.69, 9.17) is 0 Å². The highest BCUT2D eigenvalue weighted by molar-refractivity contribution is 4.92. The van der Waals surface area contributed by atoms with Crippen molar-refractivity contribution in [1.82, 2.24) is 15.1 Å². The van der Waals surface area contributed by atoms with Gasteiger partial charge in [-0.15, -0.1) is 0 Å². The molecule has 3 heteroatoms. The molecular weight excluding hydrogens is 246 g/mol. The first-order valence-corrected chi connectivity index (χ1v) is 8.92. The van der Waals surface area contributed by atoms with Crippen molar-refractivity contribution in [3.8, 4) is 0 Å². The van der Waals surface area contributed by atoms with E-state index in [1.807, 2.05) is 0 Å². The van der Waals surface area contributed by atoms with E-state index in [1.165, 1.54) is 71.2 Å². The normalized spacial score (nSPS) is 33.5. The molecule has 1 N–H and O–H groups in total. The molecule has 118 valence electrons. The second-order valence-corrected chi connectivity index (χ2v) is 6.81. The molecule has 3 unspecified atom stereocenters. The van der Waals surface area contributed by atoms with Crippen LogP contribution in [0.5, 0.6) is 0 Å². The summed E-state index contributed by atoms with van der Waals surface area (Å²) in [6, 6.07) is 1.51. The zero-order valence-corrected chi connectivity index (χ0v) is 13.9. The highest BCUT2D eigenvalue weighted by Gasteiger charge is 2.34.